The summed E-state index contributed by atoms with van der Waals surface area (Å²) in [4.78, 5) is 25.4. The van der Waals surface area contributed by atoms with Gasteiger partial charge in [-0.3, -0.25) is 15.6 Å². The van der Waals surface area contributed by atoms with Crippen molar-refractivity contribution in [1.29, 1.82) is 0 Å². The summed E-state index contributed by atoms with van der Waals surface area (Å²) in [5.74, 6) is 0.308. The van der Waals surface area contributed by atoms with E-state index in [9.17, 15) is 10.3 Å². The lowest BCUT2D eigenvalue weighted by molar-refractivity contribution is -0.128. The minimum absolute atomic E-state index is 0.00311. The molecule has 0 fully saturated rings. The number of hydrazine groups is 1. The summed E-state index contributed by atoms with van der Waals surface area (Å²) >= 11 is 0. The van der Waals surface area contributed by atoms with Gasteiger partial charge in [0.1, 0.15) is 5.75 Å². The SMILES string of the molecule is [N-]=[N+]=NCc1ccccc1[C@@H]1OC(c2ccc(OCCCO)cc2)=N[C@]1(Cc1ccccc1N=[N+]=[N-])C(=O)NNc1ccccc1. The zero-order valence-corrected chi connectivity index (χ0v) is 24.7. The molecular weight excluding hydrogens is 586 g/mol. The second kappa shape index (κ2) is 15.1. The maximum absolute atomic E-state index is 14.5. The third-order valence-corrected chi connectivity index (χ3v) is 7.37. The van der Waals surface area contributed by atoms with E-state index >= 15 is 0 Å². The fourth-order valence-corrected chi connectivity index (χ4v) is 5.16. The summed E-state index contributed by atoms with van der Waals surface area (Å²) in [6, 6.07) is 30.5. The fraction of sp³-hybridized carbons (Fsp3) is 0.212. The summed E-state index contributed by atoms with van der Waals surface area (Å²) in [6.07, 6.45) is -0.484. The number of benzene rings is 4. The first-order valence-corrected chi connectivity index (χ1v) is 14.5. The lowest BCUT2D eigenvalue weighted by Gasteiger charge is -2.32. The van der Waals surface area contributed by atoms with Crippen molar-refractivity contribution >= 4 is 23.2 Å². The number of hydrogen-bond acceptors (Lipinski definition) is 8. The van der Waals surface area contributed by atoms with Crippen LogP contribution in [0.2, 0.25) is 0 Å². The summed E-state index contributed by atoms with van der Waals surface area (Å²) in [5.41, 5.74) is 26.0. The Kier molecular flexibility index (Phi) is 10.3. The van der Waals surface area contributed by atoms with Crippen LogP contribution in [0.15, 0.2) is 118 Å². The third-order valence-electron chi connectivity index (χ3n) is 7.37. The molecule has 0 spiro atoms. The van der Waals surface area contributed by atoms with Crippen LogP contribution in [0.5, 0.6) is 5.75 Å². The van der Waals surface area contributed by atoms with Gasteiger partial charge < -0.3 is 14.6 Å². The van der Waals surface area contributed by atoms with Crippen molar-refractivity contribution in [3.05, 3.63) is 146 Å². The molecule has 0 saturated heterocycles. The van der Waals surface area contributed by atoms with Crippen LogP contribution in [0.1, 0.15) is 34.8 Å². The van der Waals surface area contributed by atoms with Gasteiger partial charge in [0, 0.05) is 40.5 Å². The quantitative estimate of drug-likeness (QED) is 0.0458. The van der Waals surface area contributed by atoms with Crippen molar-refractivity contribution in [2.45, 2.75) is 31.0 Å². The molecule has 0 bridgehead atoms. The molecule has 4 aromatic carbocycles. The van der Waals surface area contributed by atoms with Crippen LogP contribution in [0, 0.1) is 0 Å². The molecule has 0 saturated carbocycles. The van der Waals surface area contributed by atoms with Crippen molar-refractivity contribution < 1.29 is 19.4 Å². The van der Waals surface area contributed by atoms with Crippen LogP contribution in [-0.4, -0.2) is 35.7 Å². The maximum Gasteiger partial charge on any atom is 0.270 e. The molecule has 13 nitrogen and oxygen atoms in total. The Morgan fingerprint density at radius 1 is 0.935 bits per heavy atom. The molecule has 0 aromatic heterocycles. The molecule has 46 heavy (non-hydrogen) atoms. The van der Waals surface area contributed by atoms with Crippen LogP contribution < -0.4 is 15.6 Å². The normalized spacial score (nSPS) is 16.6. The highest BCUT2D eigenvalue weighted by Gasteiger charge is 2.54. The Balaban J connectivity index is 1.64. The number of azide groups is 2. The summed E-state index contributed by atoms with van der Waals surface area (Å²) in [6.45, 7) is 0.411. The molecule has 0 aliphatic carbocycles. The molecule has 13 heteroatoms. The van der Waals surface area contributed by atoms with Crippen molar-refractivity contribution in [3.8, 4) is 5.75 Å². The van der Waals surface area contributed by atoms with Crippen LogP contribution in [0.3, 0.4) is 0 Å². The van der Waals surface area contributed by atoms with Crippen molar-refractivity contribution in [1.82, 2.24) is 5.43 Å². The van der Waals surface area contributed by atoms with Gasteiger partial charge >= 0.3 is 0 Å². The minimum Gasteiger partial charge on any atom is -0.494 e. The first-order chi connectivity index (χ1) is 22.6. The van der Waals surface area contributed by atoms with Crippen LogP contribution >= 0.6 is 0 Å². The standard InChI is InChI=1S/C33H31N9O4/c34-41-36-22-25-10-4-6-13-28(25)30-33(21-24-9-5-7-14-29(24)39-42-35,32(44)40-38-26-11-2-1-3-12-26)37-31(46-30)23-15-17-27(18-16-23)45-20-8-19-43/h1-7,9-18,30,38,43H,8,19-22H2,(H,40,44)/t30-,33-/m0/s1. The number of aliphatic hydroxyl groups excluding tert-OH is 1. The average molecular weight is 618 g/mol. The Morgan fingerprint density at radius 2 is 1.65 bits per heavy atom. The van der Waals surface area contributed by atoms with Gasteiger partial charge in [-0.1, -0.05) is 77.0 Å². The number of nitrogens with one attached hydrogen (secondary N) is 2. The van der Waals surface area contributed by atoms with Gasteiger partial charge in [0.25, 0.3) is 5.91 Å². The number of carbonyl (C=O) groups is 1. The number of para-hydroxylation sites is 1. The monoisotopic (exact) mass is 617 g/mol. The first-order valence-electron chi connectivity index (χ1n) is 14.5. The van der Waals surface area contributed by atoms with E-state index in [4.69, 9.17) is 25.1 Å². The minimum atomic E-state index is -1.62. The van der Waals surface area contributed by atoms with E-state index in [0.29, 0.717) is 52.4 Å². The number of nitrogens with zero attached hydrogens (tertiary/aromatic N) is 7. The molecule has 1 amide bonds. The van der Waals surface area contributed by atoms with Crippen LogP contribution in [0.25, 0.3) is 20.9 Å². The number of anilines is 1. The van der Waals surface area contributed by atoms with Gasteiger partial charge in [-0.05, 0) is 64.2 Å². The number of ether oxygens (including phenoxy) is 2. The Labute approximate surface area is 264 Å². The summed E-state index contributed by atoms with van der Waals surface area (Å²) < 4.78 is 12.3. The molecule has 1 aliphatic rings. The number of aliphatic imine (C=N–C) groups is 1. The lowest BCUT2D eigenvalue weighted by Crippen LogP contribution is -2.51. The number of hydrogen-bond donors (Lipinski definition) is 3. The summed E-state index contributed by atoms with van der Waals surface area (Å²) in [7, 11) is 0. The Morgan fingerprint density at radius 3 is 2.39 bits per heavy atom. The summed E-state index contributed by atoms with van der Waals surface area (Å²) in [5, 5.41) is 16.7. The molecule has 232 valence electrons. The average Bonchev–Trinajstić information content (AvgIpc) is 3.48. The van der Waals surface area contributed by atoms with E-state index in [1.54, 1.807) is 60.7 Å². The van der Waals surface area contributed by atoms with Gasteiger partial charge in [-0.15, -0.1) is 0 Å². The lowest BCUT2D eigenvalue weighted by atomic mass is 9.80. The molecule has 1 aliphatic heterocycles. The first kappa shape index (κ1) is 31.4. The molecule has 4 aromatic rings. The zero-order valence-electron chi connectivity index (χ0n) is 24.7. The van der Waals surface area contributed by atoms with Gasteiger partial charge in [-0.25, -0.2) is 4.99 Å². The molecule has 1 heterocycles. The van der Waals surface area contributed by atoms with E-state index in [0.717, 1.165) is 0 Å². The molecule has 5 rings (SSSR count). The van der Waals surface area contributed by atoms with E-state index in [-0.39, 0.29) is 25.5 Å². The van der Waals surface area contributed by atoms with Gasteiger partial charge in [-0.2, -0.15) is 0 Å². The van der Waals surface area contributed by atoms with Gasteiger partial charge in [0.15, 0.2) is 11.6 Å². The van der Waals surface area contributed by atoms with E-state index < -0.39 is 17.6 Å². The Bertz CT molecular complexity index is 1790. The maximum atomic E-state index is 14.5. The number of carbonyl (C=O) groups excluding carboxylic acids is 1. The molecule has 3 N–H and O–H groups in total. The predicted octanol–water partition coefficient (Wildman–Crippen LogP) is 6.84. The molecule has 0 radical (unpaired) electrons. The number of rotatable bonds is 14. The number of aliphatic hydroxyl groups is 1. The highest BCUT2D eigenvalue weighted by molar-refractivity contribution is 6.01. The number of amides is 1. The highest BCUT2D eigenvalue weighted by atomic mass is 16.5. The second-order valence-electron chi connectivity index (χ2n) is 10.3. The Hall–Kier alpha value is -6.00. The van der Waals surface area contributed by atoms with E-state index in [1.807, 2.05) is 42.5 Å². The fourth-order valence-electron chi connectivity index (χ4n) is 5.16. The second-order valence-corrected chi connectivity index (χ2v) is 10.3. The smallest absolute Gasteiger partial charge is 0.270 e. The largest absolute Gasteiger partial charge is 0.494 e. The van der Waals surface area contributed by atoms with Gasteiger partial charge in [0.05, 0.1) is 18.8 Å². The van der Waals surface area contributed by atoms with Crippen molar-refractivity contribution in [2.24, 2.45) is 15.2 Å². The van der Waals surface area contributed by atoms with E-state index in [1.165, 1.54) is 0 Å². The zero-order chi connectivity index (χ0) is 32.2. The topological polar surface area (TPSA) is 190 Å². The van der Waals surface area contributed by atoms with Crippen molar-refractivity contribution in [2.75, 3.05) is 18.6 Å². The molecular formula is C33H31N9O4. The predicted molar refractivity (Wildman–Crippen MR) is 173 cm³/mol. The van der Waals surface area contributed by atoms with Gasteiger partial charge in [0.2, 0.25) is 5.90 Å². The van der Waals surface area contributed by atoms with E-state index in [2.05, 4.69) is 30.9 Å². The van der Waals surface area contributed by atoms with Crippen molar-refractivity contribution in [3.63, 3.8) is 0 Å². The molecule has 0 unspecified atom stereocenters. The molecule has 2 atom stereocenters. The van der Waals surface area contributed by atoms with Crippen LogP contribution in [-0.2, 0) is 22.5 Å². The highest BCUT2D eigenvalue weighted by Crippen LogP contribution is 2.44. The third kappa shape index (κ3) is 7.20. The van der Waals surface area contributed by atoms with Crippen LogP contribution in [0.4, 0.5) is 11.4 Å².